The smallest absolute Gasteiger partial charge is 0.251 e. The van der Waals surface area contributed by atoms with E-state index in [-0.39, 0.29) is 23.6 Å². The standard InChI is InChI=1S/C12H17ClN2O3S/c1-9(2)14-12(16)10-3-5-11(6-4-10)15-19(17,18)8-7-13/h3-6,9,15H,7-8H2,1-2H3,(H,14,16). The number of halogens is 1. The normalized spacial score (nSPS) is 11.4. The third-order valence-corrected chi connectivity index (χ3v) is 3.89. The molecule has 2 N–H and O–H groups in total. The Morgan fingerprint density at radius 1 is 1.26 bits per heavy atom. The van der Waals surface area contributed by atoms with Crippen molar-refractivity contribution in [1.29, 1.82) is 0 Å². The molecule has 1 aromatic rings. The predicted molar refractivity (Wildman–Crippen MR) is 77.2 cm³/mol. The van der Waals surface area contributed by atoms with Crippen LogP contribution in [0.2, 0.25) is 0 Å². The van der Waals surface area contributed by atoms with E-state index in [9.17, 15) is 13.2 Å². The summed E-state index contributed by atoms with van der Waals surface area (Å²) in [6.07, 6.45) is 0. The fraction of sp³-hybridized carbons (Fsp3) is 0.417. The van der Waals surface area contributed by atoms with Gasteiger partial charge in [-0.25, -0.2) is 8.42 Å². The summed E-state index contributed by atoms with van der Waals surface area (Å²) in [6.45, 7) is 3.74. The third-order valence-electron chi connectivity index (χ3n) is 2.19. The van der Waals surface area contributed by atoms with Crippen LogP contribution >= 0.6 is 11.6 Å². The predicted octanol–water partition coefficient (Wildman–Crippen LogP) is 1.81. The maximum Gasteiger partial charge on any atom is 0.251 e. The zero-order chi connectivity index (χ0) is 14.5. The Labute approximate surface area is 118 Å². The molecule has 1 rings (SSSR count). The molecule has 0 spiro atoms. The molecule has 0 aliphatic heterocycles. The van der Waals surface area contributed by atoms with Crippen molar-refractivity contribution in [3.05, 3.63) is 29.8 Å². The molecule has 0 aromatic heterocycles. The van der Waals surface area contributed by atoms with Crippen molar-refractivity contribution in [2.75, 3.05) is 16.4 Å². The Kier molecular flexibility index (Phi) is 5.62. The maximum absolute atomic E-state index is 11.7. The number of alkyl halides is 1. The zero-order valence-electron chi connectivity index (χ0n) is 10.8. The molecule has 0 heterocycles. The van der Waals surface area contributed by atoms with E-state index in [0.29, 0.717) is 11.3 Å². The number of carbonyl (C=O) groups is 1. The molecule has 0 bridgehead atoms. The van der Waals surface area contributed by atoms with Crippen molar-refractivity contribution in [3.63, 3.8) is 0 Å². The second kappa shape index (κ2) is 6.77. The lowest BCUT2D eigenvalue weighted by Crippen LogP contribution is -2.30. The molecular formula is C12H17ClN2O3S. The van der Waals surface area contributed by atoms with Gasteiger partial charge in [-0.3, -0.25) is 9.52 Å². The second-order valence-electron chi connectivity index (χ2n) is 4.32. The van der Waals surface area contributed by atoms with Crippen LogP contribution in [0, 0.1) is 0 Å². The molecule has 7 heteroatoms. The van der Waals surface area contributed by atoms with Crippen LogP contribution in [0.1, 0.15) is 24.2 Å². The number of carbonyl (C=O) groups excluding carboxylic acids is 1. The summed E-state index contributed by atoms with van der Waals surface area (Å²) < 4.78 is 25.4. The number of hydrogen-bond donors (Lipinski definition) is 2. The molecule has 0 aliphatic rings. The molecule has 106 valence electrons. The lowest BCUT2D eigenvalue weighted by Gasteiger charge is -2.10. The number of benzene rings is 1. The van der Waals surface area contributed by atoms with Gasteiger partial charge in [0.05, 0.1) is 5.75 Å². The van der Waals surface area contributed by atoms with E-state index in [4.69, 9.17) is 11.6 Å². The first-order valence-electron chi connectivity index (χ1n) is 5.81. The summed E-state index contributed by atoms with van der Waals surface area (Å²) in [6, 6.07) is 6.27. The average Bonchev–Trinajstić information content (AvgIpc) is 2.28. The molecule has 1 amide bonds. The largest absolute Gasteiger partial charge is 0.350 e. The highest BCUT2D eigenvalue weighted by Gasteiger charge is 2.10. The first kappa shape index (κ1) is 15.8. The number of sulfonamides is 1. The molecule has 0 saturated heterocycles. The van der Waals surface area contributed by atoms with Crippen LogP contribution in [-0.4, -0.2) is 32.0 Å². The van der Waals surface area contributed by atoms with E-state index in [2.05, 4.69) is 10.0 Å². The van der Waals surface area contributed by atoms with Gasteiger partial charge < -0.3 is 5.32 Å². The van der Waals surface area contributed by atoms with Gasteiger partial charge in [-0.2, -0.15) is 0 Å². The highest BCUT2D eigenvalue weighted by molar-refractivity contribution is 7.92. The van der Waals surface area contributed by atoms with E-state index in [1.54, 1.807) is 24.3 Å². The maximum atomic E-state index is 11.7. The molecule has 0 atom stereocenters. The summed E-state index contributed by atoms with van der Waals surface area (Å²) in [5.74, 6) is -0.306. The second-order valence-corrected chi connectivity index (χ2v) is 6.54. The van der Waals surface area contributed by atoms with E-state index in [0.717, 1.165) is 0 Å². The van der Waals surface area contributed by atoms with Crippen LogP contribution < -0.4 is 10.0 Å². The Balaban J connectivity index is 2.74. The summed E-state index contributed by atoms with van der Waals surface area (Å²) >= 11 is 5.40. The van der Waals surface area contributed by atoms with Gasteiger partial charge in [0.1, 0.15) is 0 Å². The molecule has 0 fully saturated rings. The van der Waals surface area contributed by atoms with Crippen LogP contribution in [-0.2, 0) is 10.0 Å². The minimum Gasteiger partial charge on any atom is -0.350 e. The van der Waals surface area contributed by atoms with Gasteiger partial charge in [0, 0.05) is 23.2 Å². The minimum atomic E-state index is -3.42. The number of hydrogen-bond acceptors (Lipinski definition) is 3. The van der Waals surface area contributed by atoms with E-state index >= 15 is 0 Å². The lowest BCUT2D eigenvalue weighted by molar-refractivity contribution is 0.0943. The SMILES string of the molecule is CC(C)NC(=O)c1ccc(NS(=O)(=O)CCCl)cc1. The average molecular weight is 305 g/mol. The third kappa shape index (κ3) is 5.48. The molecule has 0 radical (unpaired) electrons. The molecule has 1 aromatic carbocycles. The number of anilines is 1. The van der Waals surface area contributed by atoms with Crippen molar-refractivity contribution in [2.24, 2.45) is 0 Å². The Morgan fingerprint density at radius 2 is 1.84 bits per heavy atom. The highest BCUT2D eigenvalue weighted by Crippen LogP contribution is 2.11. The summed E-state index contributed by atoms with van der Waals surface area (Å²) in [5, 5.41) is 2.75. The van der Waals surface area contributed by atoms with Crippen LogP contribution in [0.15, 0.2) is 24.3 Å². The monoisotopic (exact) mass is 304 g/mol. The van der Waals surface area contributed by atoms with Gasteiger partial charge >= 0.3 is 0 Å². The quantitative estimate of drug-likeness (QED) is 0.787. The Hall–Kier alpha value is -1.27. The van der Waals surface area contributed by atoms with Crippen LogP contribution in [0.4, 0.5) is 5.69 Å². The summed E-state index contributed by atoms with van der Waals surface area (Å²) in [5.41, 5.74) is 0.889. The van der Waals surface area contributed by atoms with Gasteiger partial charge in [0.15, 0.2) is 0 Å². The highest BCUT2D eigenvalue weighted by atomic mass is 35.5. The van der Waals surface area contributed by atoms with Gasteiger partial charge in [-0.1, -0.05) is 0 Å². The van der Waals surface area contributed by atoms with Crippen LogP contribution in [0.3, 0.4) is 0 Å². The van der Waals surface area contributed by atoms with Crippen molar-refractivity contribution in [1.82, 2.24) is 5.32 Å². The topological polar surface area (TPSA) is 75.3 Å². The van der Waals surface area contributed by atoms with Gasteiger partial charge in [0.25, 0.3) is 5.91 Å². The van der Waals surface area contributed by atoms with Crippen molar-refractivity contribution in [2.45, 2.75) is 19.9 Å². The lowest BCUT2D eigenvalue weighted by atomic mass is 10.2. The van der Waals surface area contributed by atoms with Crippen LogP contribution in [0.5, 0.6) is 0 Å². The molecule has 0 aliphatic carbocycles. The van der Waals surface area contributed by atoms with Crippen molar-refractivity contribution in [3.8, 4) is 0 Å². The first-order chi connectivity index (χ1) is 8.84. The molecule has 0 unspecified atom stereocenters. The zero-order valence-corrected chi connectivity index (χ0v) is 12.4. The Morgan fingerprint density at radius 3 is 2.32 bits per heavy atom. The van der Waals surface area contributed by atoms with Crippen molar-refractivity contribution >= 4 is 33.2 Å². The minimum absolute atomic E-state index is 0.0320. The molecule has 0 saturated carbocycles. The van der Waals surface area contributed by atoms with E-state index in [1.165, 1.54) is 0 Å². The number of amides is 1. The fourth-order valence-corrected chi connectivity index (χ4v) is 2.78. The molecule has 19 heavy (non-hydrogen) atoms. The van der Waals surface area contributed by atoms with Crippen molar-refractivity contribution < 1.29 is 13.2 Å². The summed E-state index contributed by atoms with van der Waals surface area (Å²) in [4.78, 5) is 11.7. The molecule has 5 nitrogen and oxygen atoms in total. The first-order valence-corrected chi connectivity index (χ1v) is 8.00. The molecular weight excluding hydrogens is 288 g/mol. The fourth-order valence-electron chi connectivity index (χ4n) is 1.37. The van der Waals surface area contributed by atoms with E-state index in [1.807, 2.05) is 13.8 Å². The number of rotatable bonds is 6. The Bertz CT molecular complexity index is 526. The van der Waals surface area contributed by atoms with Gasteiger partial charge in [-0.05, 0) is 38.1 Å². The summed E-state index contributed by atoms with van der Waals surface area (Å²) in [7, 11) is -3.42. The van der Waals surface area contributed by atoms with E-state index < -0.39 is 10.0 Å². The van der Waals surface area contributed by atoms with Crippen LogP contribution in [0.25, 0.3) is 0 Å². The number of nitrogens with one attached hydrogen (secondary N) is 2. The van der Waals surface area contributed by atoms with Gasteiger partial charge in [0.2, 0.25) is 10.0 Å². The van der Waals surface area contributed by atoms with Gasteiger partial charge in [-0.15, -0.1) is 11.6 Å².